The molecular formula is C73H70Cl3F2N15O6S. The molecular weight excluding hydrogens is 1360 g/mol. The molecule has 0 unspecified atom stereocenters. The molecule has 0 saturated carbocycles. The Morgan fingerprint density at radius 1 is 0.490 bits per heavy atom. The lowest BCUT2D eigenvalue weighted by molar-refractivity contribution is -0.134. The average molecular weight is 1430 g/mol. The lowest BCUT2D eigenvalue weighted by Gasteiger charge is -2.35. The Morgan fingerprint density at radius 2 is 0.860 bits per heavy atom. The number of nitrogens with one attached hydrogen (secondary N) is 1. The van der Waals surface area contributed by atoms with Gasteiger partial charge in [0, 0.05) is 99.1 Å². The van der Waals surface area contributed by atoms with Gasteiger partial charge >= 0.3 is 0 Å². The molecule has 2 N–H and O–H groups in total. The summed E-state index contributed by atoms with van der Waals surface area (Å²) >= 11 is 20.5. The van der Waals surface area contributed by atoms with Crippen LogP contribution in [-0.2, 0) is 43.7 Å². The summed E-state index contributed by atoms with van der Waals surface area (Å²) in [6, 6.07) is 57.9. The van der Waals surface area contributed by atoms with Gasteiger partial charge in [-0.05, 0) is 18.4 Å². The number of hydrogen-bond acceptors (Lipinski definition) is 16. The molecule has 3 amide bonds. The highest BCUT2D eigenvalue weighted by Crippen LogP contribution is 2.40. The maximum absolute atomic E-state index is 13.3. The fourth-order valence-electron chi connectivity index (χ4n) is 12.1. The van der Waals surface area contributed by atoms with Crippen LogP contribution in [0.5, 0.6) is 0 Å². The van der Waals surface area contributed by atoms with Crippen molar-refractivity contribution in [2.45, 2.75) is 51.3 Å². The van der Waals surface area contributed by atoms with Crippen LogP contribution in [0.4, 0.5) is 14.6 Å². The average Bonchev–Trinajstić information content (AvgIpc) is 1.60. The Labute approximate surface area is 591 Å². The summed E-state index contributed by atoms with van der Waals surface area (Å²) < 4.78 is 53.1. The maximum Gasteiger partial charge on any atom is 0.257 e. The van der Waals surface area contributed by atoms with E-state index in [0.717, 1.165) is 45.9 Å². The van der Waals surface area contributed by atoms with Crippen molar-refractivity contribution < 1.29 is 36.7 Å². The third-order valence-electron chi connectivity index (χ3n) is 17.4. The van der Waals surface area contributed by atoms with Crippen LogP contribution in [-0.4, -0.2) is 190 Å². The Morgan fingerprint density at radius 3 is 1.28 bits per heavy atom. The zero-order chi connectivity index (χ0) is 69.9. The van der Waals surface area contributed by atoms with E-state index in [1.165, 1.54) is 4.68 Å². The van der Waals surface area contributed by atoms with Gasteiger partial charge in [0.05, 0.1) is 56.5 Å². The van der Waals surface area contributed by atoms with Crippen LogP contribution in [0.2, 0.25) is 15.1 Å². The van der Waals surface area contributed by atoms with Gasteiger partial charge < -0.3 is 25.1 Å². The van der Waals surface area contributed by atoms with E-state index in [-0.39, 0.29) is 74.6 Å². The number of aromatic nitrogens is 10. The largest absolute Gasteiger partial charge is 0.393 e. The minimum absolute atomic E-state index is 0.0153. The van der Waals surface area contributed by atoms with Crippen molar-refractivity contribution in [3.05, 3.63) is 208 Å². The first kappa shape index (κ1) is 70.2. The van der Waals surface area contributed by atoms with E-state index >= 15 is 0 Å². The summed E-state index contributed by atoms with van der Waals surface area (Å²) in [6.07, 6.45) is 1.37. The number of rotatable bonds is 16. The zero-order valence-corrected chi connectivity index (χ0v) is 57.6. The number of sulfone groups is 1. The fraction of sp³-hybridized carbons (Fsp3) is 0.274. The third kappa shape index (κ3) is 16.9. The number of likely N-dealkylation sites (tertiary alicyclic amines) is 1. The lowest BCUT2D eigenvalue weighted by Crippen LogP contribution is -2.52. The topological polar surface area (TPSA) is 244 Å². The van der Waals surface area contributed by atoms with Crippen LogP contribution in [0.25, 0.3) is 78.4 Å². The van der Waals surface area contributed by atoms with E-state index < -0.39 is 15.8 Å². The number of fused-ring (bicyclic) bond motifs is 2. The number of hydrogen-bond donors (Lipinski definition) is 2. The minimum atomic E-state index is -3.08. The monoisotopic (exact) mass is 1430 g/mol. The zero-order valence-electron chi connectivity index (χ0n) is 54.5. The van der Waals surface area contributed by atoms with Crippen molar-refractivity contribution in [2.24, 2.45) is 0 Å². The normalized spacial score (nSPS) is 15.0. The number of halogens is 5. The number of aliphatic hydroxyl groups is 1. The number of alkyl halides is 2. The van der Waals surface area contributed by atoms with Gasteiger partial charge in [-0.1, -0.05) is 217 Å². The first-order valence-corrected chi connectivity index (χ1v) is 35.6. The summed E-state index contributed by atoms with van der Waals surface area (Å²) in [4.78, 5) is 45.4. The highest BCUT2D eigenvalue weighted by Gasteiger charge is 2.32. The Hall–Kier alpha value is -9.69. The first-order valence-electron chi connectivity index (χ1n) is 32.6. The molecule has 5 aromatic heterocycles. The SMILES string of the molecule is CC(F)(F)CN1CCN(C(=O)CNc2nnc(-c3ccccc3)c(Cl)c2Cc2ccccc2)CC1.O=C(Cn1nc(-c2ccccc2)c2c(Cl)c(-c3ccccc3)nnc21)N1CCC(O)CC1.O=C(Cn1nc(-c2ccccc2)c2c(Cl)c(-c3ccccc3)nnc21)N1CCS(=O)(=O)CC1. The number of piperazine rings is 1. The van der Waals surface area contributed by atoms with Crippen LogP contribution >= 0.6 is 34.8 Å². The molecule has 100 heavy (non-hydrogen) atoms. The molecule has 8 heterocycles. The van der Waals surface area contributed by atoms with Gasteiger partial charge in [-0.2, -0.15) is 10.2 Å². The molecule has 27 heteroatoms. The van der Waals surface area contributed by atoms with Gasteiger partial charge in [0.1, 0.15) is 41.6 Å². The molecule has 6 aromatic carbocycles. The van der Waals surface area contributed by atoms with Gasteiger partial charge in [0.25, 0.3) is 5.92 Å². The van der Waals surface area contributed by atoms with Crippen molar-refractivity contribution in [1.29, 1.82) is 0 Å². The summed E-state index contributed by atoms with van der Waals surface area (Å²) in [5.74, 6) is -2.75. The molecule has 0 atom stereocenters. The van der Waals surface area contributed by atoms with Gasteiger partial charge in [-0.3, -0.25) is 19.3 Å². The standard InChI is InChI=1S/C26H28ClF2N5O.C24H22ClN5O2.C23H20ClN5O3S/c1-26(28,29)18-33-12-14-34(15-13-33)22(35)17-30-25-21(16-19-8-4-2-5-9-19)23(27)24(31-32-25)20-10-6-3-7-11-20;25-21-20-22(16-7-3-1-4-8-16)28-30(15-19(32)29-13-11-18(31)12-14-29)24(20)27-26-23(21)17-9-5-2-6-10-17;24-20-19-21(16-7-3-1-4-8-16)27-29(15-18(30)28-11-13-33(31,32)14-12-28)23(19)26-25-22(20)17-9-5-2-6-10-17/h2-11H,12-18H2,1H3,(H,30,32);1-10,18,31H,11-15H2;1-10H,11-15H2. The van der Waals surface area contributed by atoms with Crippen molar-refractivity contribution >= 4 is 90.2 Å². The van der Waals surface area contributed by atoms with E-state index in [2.05, 4.69) is 41.0 Å². The highest BCUT2D eigenvalue weighted by atomic mass is 35.5. The van der Waals surface area contributed by atoms with E-state index in [1.807, 2.05) is 182 Å². The van der Waals surface area contributed by atoms with Crippen molar-refractivity contribution in [3.8, 4) is 56.3 Å². The lowest BCUT2D eigenvalue weighted by atomic mass is 10.0. The van der Waals surface area contributed by atoms with Crippen molar-refractivity contribution in [1.82, 2.24) is 69.8 Å². The van der Waals surface area contributed by atoms with E-state index in [1.54, 1.807) is 24.3 Å². The second kappa shape index (κ2) is 31.7. The Bertz CT molecular complexity index is 4770. The van der Waals surface area contributed by atoms with Gasteiger partial charge in [0.15, 0.2) is 26.9 Å². The first-order chi connectivity index (χ1) is 48.3. The number of carbonyl (C=O) groups excluding carboxylic acids is 3. The van der Waals surface area contributed by atoms with Crippen LogP contribution < -0.4 is 5.32 Å². The maximum atomic E-state index is 13.3. The molecule has 514 valence electrons. The number of carbonyl (C=O) groups is 3. The second-order valence-corrected chi connectivity index (χ2v) is 28.0. The van der Waals surface area contributed by atoms with E-state index in [0.29, 0.717) is 130 Å². The molecule has 0 spiro atoms. The van der Waals surface area contributed by atoms with Crippen LogP contribution in [0.15, 0.2) is 182 Å². The number of nitrogens with zero attached hydrogens (tertiary/aromatic N) is 14. The molecule has 14 rings (SSSR count). The number of benzene rings is 6. The molecule has 21 nitrogen and oxygen atoms in total. The van der Waals surface area contributed by atoms with Crippen LogP contribution in [0.1, 0.15) is 30.9 Å². The number of aliphatic hydroxyl groups excluding tert-OH is 1. The predicted molar refractivity (Wildman–Crippen MR) is 383 cm³/mol. The molecule has 3 aliphatic rings. The molecule has 0 bridgehead atoms. The smallest absolute Gasteiger partial charge is 0.257 e. The Balaban J connectivity index is 0.000000142. The highest BCUT2D eigenvalue weighted by molar-refractivity contribution is 7.91. The van der Waals surface area contributed by atoms with Crippen LogP contribution in [0, 0.1) is 0 Å². The molecule has 0 radical (unpaired) electrons. The van der Waals surface area contributed by atoms with Gasteiger partial charge in [0.2, 0.25) is 17.7 Å². The van der Waals surface area contributed by atoms with Gasteiger partial charge in [-0.15, -0.1) is 30.6 Å². The number of anilines is 1. The summed E-state index contributed by atoms with van der Waals surface area (Å²) in [5, 5.41) is 51.1. The third-order valence-corrected chi connectivity index (χ3v) is 20.1. The van der Waals surface area contributed by atoms with E-state index in [4.69, 9.17) is 39.9 Å². The van der Waals surface area contributed by atoms with Crippen molar-refractivity contribution in [2.75, 3.05) is 82.3 Å². The number of amides is 3. The Kier molecular flexibility index (Phi) is 22.2. The molecule has 3 aliphatic heterocycles. The fourth-order valence-corrected chi connectivity index (χ4v) is 14.2. The van der Waals surface area contributed by atoms with Gasteiger partial charge in [-0.25, -0.2) is 26.6 Å². The molecule has 3 fully saturated rings. The molecule has 0 aliphatic carbocycles. The quantitative estimate of drug-likeness (QED) is 0.0913. The number of piperidine rings is 1. The molecule has 3 saturated heterocycles. The summed E-state index contributed by atoms with van der Waals surface area (Å²) in [5.41, 5.74) is 9.93. The van der Waals surface area contributed by atoms with Crippen LogP contribution in [0.3, 0.4) is 0 Å². The summed E-state index contributed by atoms with van der Waals surface area (Å²) in [6.45, 7) is 3.68. The van der Waals surface area contributed by atoms with Crippen molar-refractivity contribution in [3.63, 3.8) is 0 Å². The summed E-state index contributed by atoms with van der Waals surface area (Å²) in [7, 11) is -3.08. The second-order valence-electron chi connectivity index (χ2n) is 24.5. The molecule has 11 aromatic rings. The van der Waals surface area contributed by atoms with E-state index in [9.17, 15) is 36.7 Å². The predicted octanol–water partition coefficient (Wildman–Crippen LogP) is 11.5. The minimum Gasteiger partial charge on any atom is -0.393 e.